The van der Waals surface area contributed by atoms with Crippen molar-refractivity contribution in [1.29, 1.82) is 0 Å². The zero-order valence-corrected chi connectivity index (χ0v) is 15.1. The molecule has 1 saturated carbocycles. The third-order valence-electron chi connectivity index (χ3n) is 4.85. The highest BCUT2D eigenvalue weighted by Crippen LogP contribution is 2.41. The summed E-state index contributed by atoms with van der Waals surface area (Å²) in [6.07, 6.45) is -4.03. The van der Waals surface area contributed by atoms with Crippen molar-refractivity contribution in [3.8, 4) is 0 Å². The molecule has 3 rings (SSSR count). The average Bonchev–Trinajstić information content (AvgIpc) is 3.12. The number of alkyl halides is 3. The van der Waals surface area contributed by atoms with E-state index in [4.69, 9.17) is 0 Å². The molecule has 1 amide bonds. The third kappa shape index (κ3) is 4.66. The number of carbonyl (C=O) groups is 1. The summed E-state index contributed by atoms with van der Waals surface area (Å²) in [6.45, 7) is 0.0340. The molecule has 1 aromatic heterocycles. The molecule has 2 atom stereocenters. The predicted octanol–water partition coefficient (Wildman–Crippen LogP) is 5.93. The van der Waals surface area contributed by atoms with Gasteiger partial charge in [0.1, 0.15) is 11.6 Å². The van der Waals surface area contributed by atoms with Crippen LogP contribution < -0.4 is 4.90 Å². The van der Waals surface area contributed by atoms with Crippen molar-refractivity contribution < 1.29 is 26.7 Å². The zero-order valence-electron chi connectivity index (χ0n) is 14.3. The second-order valence-corrected chi connectivity index (χ2v) is 7.73. The van der Waals surface area contributed by atoms with Crippen molar-refractivity contribution in [2.24, 2.45) is 11.8 Å². The van der Waals surface area contributed by atoms with Gasteiger partial charge in [-0.1, -0.05) is 12.5 Å². The van der Waals surface area contributed by atoms with Gasteiger partial charge in [0, 0.05) is 16.9 Å². The number of thiophene rings is 1. The summed E-state index contributed by atoms with van der Waals surface area (Å²) < 4.78 is 66.8. The molecule has 8 heteroatoms. The maximum Gasteiger partial charge on any atom is 0.391 e. The van der Waals surface area contributed by atoms with Crippen LogP contribution in [0.4, 0.5) is 27.6 Å². The minimum Gasteiger partial charge on any atom is -0.304 e. The van der Waals surface area contributed by atoms with Gasteiger partial charge in [-0.3, -0.25) is 4.79 Å². The molecule has 0 radical (unpaired) electrons. The highest BCUT2D eigenvalue weighted by Gasteiger charge is 2.44. The van der Waals surface area contributed by atoms with E-state index in [9.17, 15) is 26.7 Å². The summed E-state index contributed by atoms with van der Waals surface area (Å²) in [4.78, 5) is 14.9. The molecule has 27 heavy (non-hydrogen) atoms. The van der Waals surface area contributed by atoms with Crippen molar-refractivity contribution in [2.75, 3.05) is 4.90 Å². The molecule has 2 unspecified atom stereocenters. The molecule has 1 aliphatic rings. The first-order chi connectivity index (χ1) is 12.8. The quantitative estimate of drug-likeness (QED) is 0.580. The lowest BCUT2D eigenvalue weighted by Crippen LogP contribution is -2.40. The van der Waals surface area contributed by atoms with Gasteiger partial charge in [-0.05, 0) is 42.8 Å². The lowest BCUT2D eigenvalue weighted by atomic mass is 9.80. The number of anilines is 1. The maximum absolute atomic E-state index is 14.3. The van der Waals surface area contributed by atoms with Crippen LogP contribution >= 0.6 is 11.3 Å². The van der Waals surface area contributed by atoms with Gasteiger partial charge in [0.15, 0.2) is 0 Å². The Kier molecular flexibility index (Phi) is 5.83. The van der Waals surface area contributed by atoms with Crippen LogP contribution in [0.5, 0.6) is 0 Å². The minimum atomic E-state index is -4.35. The Morgan fingerprint density at radius 2 is 1.96 bits per heavy atom. The normalized spacial score (nSPS) is 20.5. The Hall–Kier alpha value is -1.96. The van der Waals surface area contributed by atoms with Crippen LogP contribution in [0.1, 0.15) is 30.6 Å². The van der Waals surface area contributed by atoms with Crippen molar-refractivity contribution >= 4 is 22.9 Å². The van der Waals surface area contributed by atoms with Crippen LogP contribution in [-0.4, -0.2) is 12.1 Å². The molecule has 1 fully saturated rings. The van der Waals surface area contributed by atoms with E-state index < -0.39 is 35.6 Å². The highest BCUT2D eigenvalue weighted by atomic mass is 32.1. The average molecular weight is 403 g/mol. The molecule has 1 aromatic carbocycles. The van der Waals surface area contributed by atoms with Crippen molar-refractivity contribution in [3.63, 3.8) is 0 Å². The number of halogens is 5. The van der Waals surface area contributed by atoms with Crippen LogP contribution in [0.25, 0.3) is 0 Å². The Morgan fingerprint density at radius 3 is 2.59 bits per heavy atom. The number of carbonyl (C=O) groups excluding carboxylic acids is 1. The Morgan fingerprint density at radius 1 is 1.19 bits per heavy atom. The second-order valence-electron chi connectivity index (χ2n) is 6.70. The van der Waals surface area contributed by atoms with Crippen molar-refractivity contribution in [3.05, 3.63) is 52.2 Å². The number of nitrogens with zero attached hydrogens (tertiary/aromatic N) is 1. The van der Waals surface area contributed by atoms with E-state index in [0.717, 1.165) is 21.9 Å². The van der Waals surface area contributed by atoms with Gasteiger partial charge in [0.2, 0.25) is 5.91 Å². The Labute approximate surface area is 157 Å². The zero-order chi connectivity index (χ0) is 19.6. The summed E-state index contributed by atoms with van der Waals surface area (Å²) in [7, 11) is 0. The number of hydrogen-bond acceptors (Lipinski definition) is 2. The minimum absolute atomic E-state index is 0.00309. The van der Waals surface area contributed by atoms with Crippen LogP contribution in [0.3, 0.4) is 0 Å². The molecule has 0 saturated heterocycles. The smallest absolute Gasteiger partial charge is 0.304 e. The van der Waals surface area contributed by atoms with Gasteiger partial charge in [-0.15, -0.1) is 11.3 Å². The Balaban J connectivity index is 1.88. The van der Waals surface area contributed by atoms with Gasteiger partial charge in [0.05, 0.1) is 18.2 Å². The molecule has 0 aliphatic heterocycles. The monoisotopic (exact) mass is 403 g/mol. The summed E-state index contributed by atoms with van der Waals surface area (Å²) in [5.41, 5.74) is -0.121. The van der Waals surface area contributed by atoms with E-state index in [1.54, 1.807) is 17.5 Å². The number of amides is 1. The van der Waals surface area contributed by atoms with E-state index in [-0.39, 0.29) is 25.1 Å². The third-order valence-corrected chi connectivity index (χ3v) is 5.71. The standard InChI is InChI=1S/C19H18F5NOS/c20-14-6-7-17(16(21)10-14)25(11-15-5-2-8-27-15)18(26)12-3-1-4-13(9-12)19(22,23)24/h2,5-8,10,12-13H,1,3-4,9,11H2. The number of hydrogen-bond donors (Lipinski definition) is 0. The fourth-order valence-electron chi connectivity index (χ4n) is 3.47. The topological polar surface area (TPSA) is 20.3 Å². The molecule has 2 nitrogen and oxygen atoms in total. The second kappa shape index (κ2) is 7.96. The number of benzene rings is 1. The maximum atomic E-state index is 14.3. The summed E-state index contributed by atoms with van der Waals surface area (Å²) in [6, 6.07) is 6.38. The molecule has 0 N–H and O–H groups in total. The molecular formula is C19H18F5NOS. The fourth-order valence-corrected chi connectivity index (χ4v) is 4.16. The summed E-state index contributed by atoms with van der Waals surface area (Å²) in [5, 5.41) is 1.79. The van der Waals surface area contributed by atoms with Gasteiger partial charge in [-0.25, -0.2) is 8.78 Å². The fraction of sp³-hybridized carbons (Fsp3) is 0.421. The molecular weight excluding hydrogens is 385 g/mol. The lowest BCUT2D eigenvalue weighted by molar-refractivity contribution is -0.186. The van der Waals surface area contributed by atoms with Crippen molar-refractivity contribution in [1.82, 2.24) is 0 Å². The van der Waals surface area contributed by atoms with Crippen LogP contribution in [0.2, 0.25) is 0 Å². The first-order valence-corrected chi connectivity index (χ1v) is 9.49. The largest absolute Gasteiger partial charge is 0.391 e. The van der Waals surface area contributed by atoms with Crippen molar-refractivity contribution in [2.45, 2.75) is 38.4 Å². The molecule has 1 aliphatic carbocycles. The van der Waals surface area contributed by atoms with Gasteiger partial charge < -0.3 is 4.90 Å². The highest BCUT2D eigenvalue weighted by molar-refractivity contribution is 7.09. The molecule has 1 heterocycles. The van der Waals surface area contributed by atoms with Crippen LogP contribution in [-0.2, 0) is 11.3 Å². The molecule has 0 bridgehead atoms. The first kappa shape index (κ1) is 19.8. The molecule has 0 spiro atoms. The van der Waals surface area contributed by atoms with E-state index in [2.05, 4.69) is 0 Å². The lowest BCUT2D eigenvalue weighted by Gasteiger charge is -2.33. The van der Waals surface area contributed by atoms with E-state index in [1.807, 2.05) is 0 Å². The van der Waals surface area contributed by atoms with E-state index >= 15 is 0 Å². The van der Waals surface area contributed by atoms with E-state index in [0.29, 0.717) is 18.9 Å². The van der Waals surface area contributed by atoms with Gasteiger partial charge in [-0.2, -0.15) is 13.2 Å². The summed E-state index contributed by atoms with van der Waals surface area (Å²) >= 11 is 1.35. The first-order valence-electron chi connectivity index (χ1n) is 8.61. The van der Waals surface area contributed by atoms with Crippen LogP contribution in [0.15, 0.2) is 35.7 Å². The summed E-state index contributed by atoms with van der Waals surface area (Å²) in [5.74, 6) is -4.61. The SMILES string of the molecule is O=C(C1CCCC(C(F)(F)F)C1)N(Cc1cccs1)c1ccc(F)cc1F. The van der Waals surface area contributed by atoms with Crippen LogP contribution in [0, 0.1) is 23.5 Å². The predicted molar refractivity (Wildman–Crippen MR) is 93.4 cm³/mol. The molecule has 2 aromatic rings. The van der Waals surface area contributed by atoms with E-state index in [1.165, 1.54) is 11.3 Å². The van der Waals surface area contributed by atoms with Gasteiger partial charge in [0.25, 0.3) is 0 Å². The Bertz CT molecular complexity index is 790. The molecule has 146 valence electrons. The van der Waals surface area contributed by atoms with Gasteiger partial charge >= 0.3 is 6.18 Å². The number of rotatable bonds is 4.